The molecule has 0 fully saturated rings. The van der Waals surface area contributed by atoms with Gasteiger partial charge in [0.25, 0.3) is 0 Å². The molecule has 0 spiro atoms. The lowest BCUT2D eigenvalue weighted by atomic mass is 9.91. The van der Waals surface area contributed by atoms with Crippen molar-refractivity contribution in [3.63, 3.8) is 0 Å². The second-order valence-electron chi connectivity index (χ2n) is 5.87. The Morgan fingerprint density at radius 2 is 1.75 bits per heavy atom. The number of carbonyl (C=O) groups excluding carboxylic acids is 1. The predicted octanol–water partition coefficient (Wildman–Crippen LogP) is 2.55. The number of benzene rings is 1. The van der Waals surface area contributed by atoms with Crippen LogP contribution in [0.2, 0.25) is 0 Å². The molecular formula is C15H21NO4. The van der Waals surface area contributed by atoms with Crippen LogP contribution in [-0.4, -0.2) is 30.6 Å². The predicted molar refractivity (Wildman–Crippen MR) is 77.1 cm³/mol. The number of hydrogen-bond donors (Lipinski definition) is 1. The number of carbonyl (C=O) groups is 2. The van der Waals surface area contributed by atoms with Gasteiger partial charge in [-0.15, -0.1) is 0 Å². The summed E-state index contributed by atoms with van der Waals surface area (Å²) >= 11 is 0. The van der Waals surface area contributed by atoms with Crippen molar-refractivity contribution in [2.24, 2.45) is 5.41 Å². The van der Waals surface area contributed by atoms with Crippen LogP contribution in [0, 0.1) is 5.41 Å². The van der Waals surface area contributed by atoms with Gasteiger partial charge in [-0.2, -0.15) is 0 Å². The van der Waals surface area contributed by atoms with Crippen LogP contribution in [0.5, 0.6) is 5.75 Å². The van der Waals surface area contributed by atoms with E-state index in [0.717, 1.165) is 5.69 Å². The molecule has 0 aliphatic heterocycles. The number of carboxylic acid groups (broad SMARTS) is 1. The molecule has 0 radical (unpaired) electrons. The molecule has 5 heteroatoms. The monoisotopic (exact) mass is 279 g/mol. The fourth-order valence-corrected chi connectivity index (χ4v) is 1.63. The third-order valence-corrected chi connectivity index (χ3v) is 2.64. The molecule has 20 heavy (non-hydrogen) atoms. The standard InChI is InChI=1S/C15H21NO4/c1-15(2,3)9-13(17)16(4)11-5-7-12(8-6-11)20-10-14(18)19/h5-8H,9-10H2,1-4H3,(H,18,19). The van der Waals surface area contributed by atoms with Crippen molar-refractivity contribution in [3.05, 3.63) is 24.3 Å². The van der Waals surface area contributed by atoms with Crippen LogP contribution in [0.4, 0.5) is 5.69 Å². The average Bonchev–Trinajstić information content (AvgIpc) is 2.34. The Kier molecular flexibility index (Phi) is 5.13. The highest BCUT2D eigenvalue weighted by Crippen LogP contribution is 2.23. The Morgan fingerprint density at radius 1 is 1.20 bits per heavy atom. The number of amides is 1. The van der Waals surface area contributed by atoms with Crippen LogP contribution in [0.3, 0.4) is 0 Å². The Labute approximate surface area is 119 Å². The summed E-state index contributed by atoms with van der Waals surface area (Å²) in [7, 11) is 1.72. The van der Waals surface area contributed by atoms with Gasteiger partial charge in [0.05, 0.1) is 0 Å². The van der Waals surface area contributed by atoms with Crippen molar-refractivity contribution in [1.82, 2.24) is 0 Å². The SMILES string of the molecule is CN(C(=O)CC(C)(C)C)c1ccc(OCC(=O)O)cc1. The number of anilines is 1. The lowest BCUT2D eigenvalue weighted by Gasteiger charge is -2.23. The fraction of sp³-hybridized carbons (Fsp3) is 0.467. The summed E-state index contributed by atoms with van der Waals surface area (Å²) in [6, 6.07) is 6.77. The number of carboxylic acids is 1. The van der Waals surface area contributed by atoms with Gasteiger partial charge >= 0.3 is 5.97 Å². The van der Waals surface area contributed by atoms with Crippen molar-refractivity contribution < 1.29 is 19.4 Å². The molecule has 1 rings (SSSR count). The Hall–Kier alpha value is -2.04. The van der Waals surface area contributed by atoms with Crippen molar-refractivity contribution in [2.45, 2.75) is 27.2 Å². The van der Waals surface area contributed by atoms with Crippen molar-refractivity contribution in [1.29, 1.82) is 0 Å². The molecule has 110 valence electrons. The zero-order valence-electron chi connectivity index (χ0n) is 12.3. The molecule has 1 aromatic carbocycles. The molecule has 1 aromatic rings. The van der Waals surface area contributed by atoms with Gasteiger partial charge in [-0.3, -0.25) is 4.79 Å². The molecule has 1 N–H and O–H groups in total. The molecule has 0 saturated carbocycles. The zero-order valence-corrected chi connectivity index (χ0v) is 12.3. The molecule has 0 saturated heterocycles. The van der Waals surface area contributed by atoms with Crippen LogP contribution < -0.4 is 9.64 Å². The molecule has 0 aromatic heterocycles. The van der Waals surface area contributed by atoms with E-state index in [2.05, 4.69) is 0 Å². The van der Waals surface area contributed by atoms with Gasteiger partial charge in [-0.25, -0.2) is 4.79 Å². The van der Waals surface area contributed by atoms with Gasteiger partial charge in [0.15, 0.2) is 6.61 Å². The van der Waals surface area contributed by atoms with Crippen molar-refractivity contribution >= 4 is 17.6 Å². The quantitative estimate of drug-likeness (QED) is 0.899. The Bertz CT molecular complexity index is 474. The van der Waals surface area contributed by atoms with E-state index in [4.69, 9.17) is 9.84 Å². The van der Waals surface area contributed by atoms with Crippen molar-refractivity contribution in [2.75, 3.05) is 18.6 Å². The molecule has 0 bridgehead atoms. The summed E-state index contributed by atoms with van der Waals surface area (Å²) in [6.45, 7) is 5.67. The van der Waals surface area contributed by atoms with E-state index in [1.165, 1.54) is 0 Å². The highest BCUT2D eigenvalue weighted by atomic mass is 16.5. The lowest BCUT2D eigenvalue weighted by Crippen LogP contribution is -2.29. The Morgan fingerprint density at radius 3 is 2.20 bits per heavy atom. The third-order valence-electron chi connectivity index (χ3n) is 2.64. The van der Waals surface area contributed by atoms with E-state index in [0.29, 0.717) is 12.2 Å². The highest BCUT2D eigenvalue weighted by Gasteiger charge is 2.19. The average molecular weight is 279 g/mol. The molecule has 0 aliphatic carbocycles. The van der Waals surface area contributed by atoms with E-state index in [9.17, 15) is 9.59 Å². The summed E-state index contributed by atoms with van der Waals surface area (Å²) in [5, 5.41) is 8.52. The first-order chi connectivity index (χ1) is 9.19. The van der Waals surface area contributed by atoms with E-state index in [1.807, 2.05) is 20.8 Å². The molecule has 0 atom stereocenters. The van der Waals surface area contributed by atoms with Gasteiger partial charge in [-0.1, -0.05) is 20.8 Å². The summed E-state index contributed by atoms with van der Waals surface area (Å²) in [5.41, 5.74) is 0.692. The molecule has 5 nitrogen and oxygen atoms in total. The van der Waals surface area contributed by atoms with Gasteiger partial charge in [-0.05, 0) is 29.7 Å². The van der Waals surface area contributed by atoms with E-state index in [1.54, 1.807) is 36.2 Å². The minimum atomic E-state index is -1.02. The second kappa shape index (κ2) is 6.41. The fourth-order valence-electron chi connectivity index (χ4n) is 1.63. The minimum Gasteiger partial charge on any atom is -0.482 e. The van der Waals surface area contributed by atoms with Crippen LogP contribution in [0.1, 0.15) is 27.2 Å². The molecule has 0 aliphatic rings. The molecule has 1 amide bonds. The highest BCUT2D eigenvalue weighted by molar-refractivity contribution is 5.93. The number of hydrogen-bond acceptors (Lipinski definition) is 3. The van der Waals surface area contributed by atoms with Crippen LogP contribution in [0.25, 0.3) is 0 Å². The first kappa shape index (κ1) is 16.0. The first-order valence-corrected chi connectivity index (χ1v) is 6.40. The van der Waals surface area contributed by atoms with Gasteiger partial charge < -0.3 is 14.7 Å². The maximum Gasteiger partial charge on any atom is 0.341 e. The maximum absolute atomic E-state index is 12.1. The van der Waals surface area contributed by atoms with Crippen LogP contribution >= 0.6 is 0 Å². The lowest BCUT2D eigenvalue weighted by molar-refractivity contribution is -0.139. The summed E-state index contributed by atoms with van der Waals surface area (Å²) in [6.07, 6.45) is 0.459. The van der Waals surface area contributed by atoms with E-state index < -0.39 is 5.97 Å². The summed E-state index contributed by atoms with van der Waals surface area (Å²) in [5.74, 6) is -0.518. The topological polar surface area (TPSA) is 66.8 Å². The molecule has 0 unspecified atom stereocenters. The van der Waals surface area contributed by atoms with Gasteiger partial charge in [0.1, 0.15) is 5.75 Å². The third kappa shape index (κ3) is 5.30. The van der Waals surface area contributed by atoms with E-state index >= 15 is 0 Å². The number of rotatable bonds is 5. The molecular weight excluding hydrogens is 258 g/mol. The second-order valence-corrected chi connectivity index (χ2v) is 5.87. The van der Waals surface area contributed by atoms with Crippen LogP contribution in [0.15, 0.2) is 24.3 Å². The van der Waals surface area contributed by atoms with Crippen molar-refractivity contribution in [3.8, 4) is 5.75 Å². The number of ether oxygens (including phenoxy) is 1. The summed E-state index contributed by atoms with van der Waals surface area (Å²) in [4.78, 5) is 24.1. The first-order valence-electron chi connectivity index (χ1n) is 6.40. The number of nitrogens with zero attached hydrogens (tertiary/aromatic N) is 1. The maximum atomic E-state index is 12.1. The molecule has 0 heterocycles. The Balaban J connectivity index is 2.68. The summed E-state index contributed by atoms with van der Waals surface area (Å²) < 4.78 is 5.04. The van der Waals surface area contributed by atoms with E-state index in [-0.39, 0.29) is 17.9 Å². The zero-order chi connectivity index (χ0) is 15.3. The smallest absolute Gasteiger partial charge is 0.341 e. The van der Waals surface area contributed by atoms with Crippen LogP contribution in [-0.2, 0) is 9.59 Å². The normalized spacial score (nSPS) is 11.0. The van der Waals surface area contributed by atoms with Gasteiger partial charge in [0.2, 0.25) is 5.91 Å². The minimum absolute atomic E-state index is 0.0386. The largest absolute Gasteiger partial charge is 0.482 e. The van der Waals surface area contributed by atoms with Gasteiger partial charge in [0, 0.05) is 19.2 Å². The number of aliphatic carboxylic acids is 1.